The van der Waals surface area contributed by atoms with Gasteiger partial charge in [-0.05, 0) is 37.6 Å². The van der Waals surface area contributed by atoms with Crippen LogP contribution in [0.15, 0.2) is 0 Å². The van der Waals surface area contributed by atoms with Gasteiger partial charge in [0, 0.05) is 20.3 Å². The Bertz CT molecular complexity index is 249. The lowest BCUT2D eigenvalue weighted by Gasteiger charge is -2.30. The monoisotopic (exact) mass is 272 g/mol. The molecule has 2 atom stereocenters. The number of ether oxygens (including phenoxy) is 2. The van der Waals surface area contributed by atoms with Gasteiger partial charge in [0.1, 0.15) is 6.61 Å². The van der Waals surface area contributed by atoms with Gasteiger partial charge in [-0.2, -0.15) is 0 Å². The molecular weight excluding hydrogens is 244 g/mol. The number of carbonyl (C=O) groups excluding carboxylic acids is 1. The minimum Gasteiger partial charge on any atom is -0.385 e. The van der Waals surface area contributed by atoms with Crippen LogP contribution in [0.3, 0.4) is 0 Å². The van der Waals surface area contributed by atoms with Gasteiger partial charge in [-0.25, -0.2) is 0 Å². The Morgan fingerprint density at radius 3 is 2.74 bits per heavy atom. The SMILES string of the molecule is COCCCNC(=O)COCC1CCCCC1CN. The topological polar surface area (TPSA) is 73.6 Å². The average Bonchev–Trinajstić information content (AvgIpc) is 2.44. The molecule has 5 nitrogen and oxygen atoms in total. The van der Waals surface area contributed by atoms with Crippen LogP contribution in [0, 0.1) is 11.8 Å². The highest BCUT2D eigenvalue weighted by Gasteiger charge is 2.24. The first-order valence-electron chi connectivity index (χ1n) is 7.31. The third-order valence-electron chi connectivity index (χ3n) is 3.78. The minimum absolute atomic E-state index is 0.0452. The van der Waals surface area contributed by atoms with Crippen molar-refractivity contribution in [2.75, 3.05) is 40.0 Å². The van der Waals surface area contributed by atoms with Gasteiger partial charge in [0.05, 0.1) is 6.61 Å². The summed E-state index contributed by atoms with van der Waals surface area (Å²) in [5.41, 5.74) is 5.77. The molecule has 3 N–H and O–H groups in total. The third kappa shape index (κ3) is 6.89. The summed E-state index contributed by atoms with van der Waals surface area (Å²) >= 11 is 0. The van der Waals surface area contributed by atoms with Crippen molar-refractivity contribution in [2.24, 2.45) is 17.6 Å². The number of amides is 1. The zero-order valence-electron chi connectivity index (χ0n) is 12.0. The highest BCUT2D eigenvalue weighted by atomic mass is 16.5. The van der Waals surface area contributed by atoms with Gasteiger partial charge in [0.2, 0.25) is 5.91 Å². The van der Waals surface area contributed by atoms with Gasteiger partial charge >= 0.3 is 0 Å². The van der Waals surface area contributed by atoms with Gasteiger partial charge in [0.25, 0.3) is 0 Å². The maximum atomic E-state index is 11.5. The quantitative estimate of drug-likeness (QED) is 0.612. The lowest BCUT2D eigenvalue weighted by Crippen LogP contribution is -2.33. The van der Waals surface area contributed by atoms with Gasteiger partial charge < -0.3 is 20.5 Å². The van der Waals surface area contributed by atoms with Crippen LogP contribution >= 0.6 is 0 Å². The Labute approximate surface area is 116 Å². The molecule has 1 amide bonds. The van der Waals surface area contributed by atoms with E-state index in [2.05, 4.69) is 5.32 Å². The molecule has 19 heavy (non-hydrogen) atoms. The van der Waals surface area contributed by atoms with Crippen LogP contribution in [0.25, 0.3) is 0 Å². The van der Waals surface area contributed by atoms with Crippen LogP contribution in [0.4, 0.5) is 0 Å². The molecule has 0 aliphatic heterocycles. The first-order chi connectivity index (χ1) is 9.27. The minimum atomic E-state index is -0.0452. The molecule has 0 aromatic rings. The number of methoxy groups -OCH3 is 1. The molecule has 1 fully saturated rings. The van der Waals surface area contributed by atoms with Crippen LogP contribution in [0.5, 0.6) is 0 Å². The van der Waals surface area contributed by atoms with Crippen molar-refractivity contribution in [3.63, 3.8) is 0 Å². The normalized spacial score (nSPS) is 23.3. The number of nitrogens with two attached hydrogens (primary N) is 1. The van der Waals surface area contributed by atoms with E-state index in [1.807, 2.05) is 0 Å². The van der Waals surface area contributed by atoms with E-state index in [0.717, 1.165) is 13.0 Å². The van der Waals surface area contributed by atoms with Crippen LogP contribution in [0.1, 0.15) is 32.1 Å². The van der Waals surface area contributed by atoms with Crippen molar-refractivity contribution in [2.45, 2.75) is 32.1 Å². The smallest absolute Gasteiger partial charge is 0.245 e. The first-order valence-corrected chi connectivity index (χ1v) is 7.31. The van der Waals surface area contributed by atoms with E-state index in [4.69, 9.17) is 15.2 Å². The van der Waals surface area contributed by atoms with Crippen molar-refractivity contribution in [1.82, 2.24) is 5.32 Å². The number of nitrogens with one attached hydrogen (secondary N) is 1. The predicted octanol–water partition coefficient (Wildman–Crippen LogP) is 0.921. The van der Waals surface area contributed by atoms with Gasteiger partial charge in [-0.15, -0.1) is 0 Å². The first kappa shape index (κ1) is 16.4. The molecule has 0 aromatic carbocycles. The van der Waals surface area contributed by atoms with E-state index >= 15 is 0 Å². The van der Waals surface area contributed by atoms with Crippen molar-refractivity contribution in [3.05, 3.63) is 0 Å². The van der Waals surface area contributed by atoms with E-state index in [0.29, 0.717) is 31.6 Å². The predicted molar refractivity (Wildman–Crippen MR) is 74.8 cm³/mol. The molecule has 5 heteroatoms. The molecule has 0 spiro atoms. The third-order valence-corrected chi connectivity index (χ3v) is 3.78. The van der Waals surface area contributed by atoms with Crippen LogP contribution in [-0.2, 0) is 14.3 Å². The molecule has 112 valence electrons. The molecular formula is C14H28N2O3. The van der Waals surface area contributed by atoms with Crippen molar-refractivity contribution in [1.29, 1.82) is 0 Å². The lowest BCUT2D eigenvalue weighted by molar-refractivity contribution is -0.126. The van der Waals surface area contributed by atoms with Gasteiger partial charge in [-0.1, -0.05) is 12.8 Å². The Balaban J connectivity index is 2.06. The Kier molecular flexibility index (Phi) is 8.79. The zero-order chi connectivity index (χ0) is 13.9. The molecule has 0 aromatic heterocycles. The number of rotatable bonds is 9. The standard InChI is InChI=1S/C14H28N2O3/c1-18-8-4-7-16-14(17)11-19-10-13-6-3-2-5-12(13)9-15/h12-13H,2-11,15H2,1H3,(H,16,17). The molecule has 0 bridgehead atoms. The van der Waals surface area contributed by atoms with Crippen molar-refractivity contribution in [3.8, 4) is 0 Å². The Hall–Kier alpha value is -0.650. The zero-order valence-corrected chi connectivity index (χ0v) is 12.0. The average molecular weight is 272 g/mol. The van der Waals surface area contributed by atoms with Crippen molar-refractivity contribution >= 4 is 5.91 Å². The molecule has 1 saturated carbocycles. The summed E-state index contributed by atoms with van der Waals surface area (Å²) in [4.78, 5) is 11.5. The fraction of sp³-hybridized carbons (Fsp3) is 0.929. The van der Waals surface area contributed by atoms with E-state index < -0.39 is 0 Å². The van der Waals surface area contributed by atoms with Gasteiger partial charge in [0.15, 0.2) is 0 Å². The maximum absolute atomic E-state index is 11.5. The van der Waals surface area contributed by atoms with Crippen molar-refractivity contribution < 1.29 is 14.3 Å². The summed E-state index contributed by atoms with van der Waals surface area (Å²) in [6.07, 6.45) is 5.75. The van der Waals surface area contributed by atoms with E-state index in [9.17, 15) is 4.79 Å². The summed E-state index contributed by atoms with van der Waals surface area (Å²) in [6.45, 7) is 2.86. The second-order valence-electron chi connectivity index (χ2n) is 5.25. The summed E-state index contributed by atoms with van der Waals surface area (Å²) in [7, 11) is 1.66. The van der Waals surface area contributed by atoms with E-state index in [1.165, 1.54) is 25.7 Å². The number of hydrogen-bond acceptors (Lipinski definition) is 4. The summed E-state index contributed by atoms with van der Waals surface area (Å²) in [6, 6.07) is 0. The van der Waals surface area contributed by atoms with Crippen LogP contribution in [-0.4, -0.2) is 45.9 Å². The number of hydrogen-bond donors (Lipinski definition) is 2. The summed E-state index contributed by atoms with van der Waals surface area (Å²) in [5, 5.41) is 2.81. The molecule has 1 aliphatic carbocycles. The Morgan fingerprint density at radius 1 is 1.32 bits per heavy atom. The lowest BCUT2D eigenvalue weighted by atomic mass is 9.80. The van der Waals surface area contributed by atoms with Crippen LogP contribution in [0.2, 0.25) is 0 Å². The highest BCUT2D eigenvalue weighted by Crippen LogP contribution is 2.29. The second kappa shape index (κ2) is 10.2. The second-order valence-corrected chi connectivity index (χ2v) is 5.25. The molecule has 1 aliphatic rings. The fourth-order valence-corrected chi connectivity index (χ4v) is 2.61. The fourth-order valence-electron chi connectivity index (χ4n) is 2.61. The largest absolute Gasteiger partial charge is 0.385 e. The number of carbonyl (C=O) groups is 1. The Morgan fingerprint density at radius 2 is 2.05 bits per heavy atom. The maximum Gasteiger partial charge on any atom is 0.245 e. The molecule has 0 heterocycles. The molecule has 0 radical (unpaired) electrons. The molecule has 0 saturated heterocycles. The molecule has 1 rings (SSSR count). The summed E-state index contributed by atoms with van der Waals surface area (Å²) < 4.78 is 10.4. The van der Waals surface area contributed by atoms with Gasteiger partial charge in [-0.3, -0.25) is 4.79 Å². The van der Waals surface area contributed by atoms with E-state index in [1.54, 1.807) is 7.11 Å². The van der Waals surface area contributed by atoms with Crippen LogP contribution < -0.4 is 11.1 Å². The highest BCUT2D eigenvalue weighted by molar-refractivity contribution is 5.77. The van der Waals surface area contributed by atoms with E-state index in [-0.39, 0.29) is 12.5 Å². The molecule has 2 unspecified atom stereocenters. The summed E-state index contributed by atoms with van der Waals surface area (Å²) in [5.74, 6) is 1.05.